The van der Waals surface area contributed by atoms with Crippen molar-refractivity contribution in [1.29, 1.82) is 0 Å². The fourth-order valence-electron chi connectivity index (χ4n) is 3.57. The van der Waals surface area contributed by atoms with E-state index in [-0.39, 0.29) is 30.8 Å². The second-order valence-corrected chi connectivity index (χ2v) is 9.48. The Hall–Kier alpha value is -2.93. The third-order valence-electron chi connectivity index (χ3n) is 6.45. The molecular formula is C24H48N8O5. The molecule has 0 heterocycles. The number of hydrogen-bond acceptors (Lipinski definition) is 7. The fourth-order valence-corrected chi connectivity index (χ4v) is 3.57. The number of nitrogens with zero attached hydrogens (tertiary/aromatic N) is 1. The van der Waals surface area contributed by atoms with E-state index < -0.39 is 47.9 Å². The SMILES string of the molecule is CCC(C)C(NC(=O)C(NC(=O)C(CCCN=C(N)N)NC(=O)C(N)CCCCN)C(C)CC)C(=O)O. The van der Waals surface area contributed by atoms with Gasteiger partial charge in [-0.05, 0) is 44.1 Å². The Morgan fingerprint density at radius 1 is 0.811 bits per heavy atom. The minimum Gasteiger partial charge on any atom is -0.480 e. The van der Waals surface area contributed by atoms with Crippen molar-refractivity contribution in [2.75, 3.05) is 13.1 Å². The molecule has 0 radical (unpaired) electrons. The molecule has 214 valence electrons. The number of carbonyl (C=O) groups is 4. The molecule has 0 rings (SSSR count). The van der Waals surface area contributed by atoms with Crippen LogP contribution in [0, 0.1) is 11.8 Å². The van der Waals surface area contributed by atoms with E-state index >= 15 is 0 Å². The molecule has 0 saturated carbocycles. The summed E-state index contributed by atoms with van der Waals surface area (Å²) in [6.07, 6.45) is 3.49. The molecule has 13 heteroatoms. The molecule has 0 aliphatic carbocycles. The predicted octanol–water partition coefficient (Wildman–Crippen LogP) is -0.872. The number of nitrogens with two attached hydrogens (primary N) is 4. The largest absolute Gasteiger partial charge is 0.480 e. The second kappa shape index (κ2) is 18.3. The zero-order valence-corrected chi connectivity index (χ0v) is 22.7. The molecule has 6 unspecified atom stereocenters. The highest BCUT2D eigenvalue weighted by Crippen LogP contribution is 2.13. The van der Waals surface area contributed by atoms with Gasteiger partial charge in [-0.2, -0.15) is 0 Å². The Labute approximate surface area is 219 Å². The third kappa shape index (κ3) is 13.3. The molecule has 13 nitrogen and oxygen atoms in total. The first kappa shape index (κ1) is 34.1. The number of amides is 3. The number of hydrogen-bond donors (Lipinski definition) is 8. The van der Waals surface area contributed by atoms with Crippen LogP contribution in [0.5, 0.6) is 0 Å². The maximum Gasteiger partial charge on any atom is 0.326 e. The zero-order valence-electron chi connectivity index (χ0n) is 22.7. The maximum absolute atomic E-state index is 13.3. The van der Waals surface area contributed by atoms with Crippen molar-refractivity contribution in [3.63, 3.8) is 0 Å². The summed E-state index contributed by atoms with van der Waals surface area (Å²) in [4.78, 5) is 54.6. The van der Waals surface area contributed by atoms with Gasteiger partial charge >= 0.3 is 5.97 Å². The summed E-state index contributed by atoms with van der Waals surface area (Å²) in [5.74, 6) is -3.51. The third-order valence-corrected chi connectivity index (χ3v) is 6.45. The van der Waals surface area contributed by atoms with Crippen molar-refractivity contribution in [3.05, 3.63) is 0 Å². The molecule has 0 aliphatic rings. The first-order valence-corrected chi connectivity index (χ1v) is 13.0. The van der Waals surface area contributed by atoms with Crippen LogP contribution < -0.4 is 38.9 Å². The molecule has 0 aromatic carbocycles. The minimum absolute atomic E-state index is 0.0882. The number of rotatable bonds is 19. The van der Waals surface area contributed by atoms with Crippen LogP contribution in [0.3, 0.4) is 0 Å². The maximum atomic E-state index is 13.3. The normalized spacial score (nSPS) is 15.8. The van der Waals surface area contributed by atoms with Crippen LogP contribution in [0.2, 0.25) is 0 Å². The van der Waals surface area contributed by atoms with E-state index in [0.717, 1.165) is 6.42 Å². The molecule has 0 aromatic heterocycles. The van der Waals surface area contributed by atoms with Gasteiger partial charge in [0, 0.05) is 6.54 Å². The van der Waals surface area contributed by atoms with Crippen molar-refractivity contribution < 1.29 is 24.3 Å². The molecule has 0 bridgehead atoms. The van der Waals surface area contributed by atoms with E-state index in [0.29, 0.717) is 38.6 Å². The van der Waals surface area contributed by atoms with Crippen LogP contribution in [0.4, 0.5) is 0 Å². The lowest BCUT2D eigenvalue weighted by Gasteiger charge is -2.29. The molecule has 0 spiro atoms. The van der Waals surface area contributed by atoms with Crippen LogP contribution in [0.1, 0.15) is 72.6 Å². The van der Waals surface area contributed by atoms with Gasteiger partial charge in [0.05, 0.1) is 6.04 Å². The molecule has 6 atom stereocenters. The molecule has 0 aromatic rings. The van der Waals surface area contributed by atoms with E-state index in [9.17, 15) is 24.3 Å². The summed E-state index contributed by atoms with van der Waals surface area (Å²) >= 11 is 0. The Balaban J connectivity index is 5.65. The van der Waals surface area contributed by atoms with Gasteiger partial charge in [0.2, 0.25) is 17.7 Å². The number of carboxylic acid groups (broad SMARTS) is 1. The number of nitrogens with one attached hydrogen (secondary N) is 3. The summed E-state index contributed by atoms with van der Waals surface area (Å²) in [5.41, 5.74) is 22.2. The van der Waals surface area contributed by atoms with Gasteiger partial charge in [-0.1, -0.05) is 47.0 Å². The van der Waals surface area contributed by atoms with Gasteiger partial charge in [0.15, 0.2) is 5.96 Å². The Morgan fingerprint density at radius 2 is 1.38 bits per heavy atom. The topological polar surface area (TPSA) is 241 Å². The number of carboxylic acids is 1. The fraction of sp³-hybridized carbons (Fsp3) is 0.792. The van der Waals surface area contributed by atoms with E-state index in [1.807, 2.05) is 13.8 Å². The van der Waals surface area contributed by atoms with Crippen LogP contribution in [0.15, 0.2) is 4.99 Å². The average Bonchev–Trinajstić information content (AvgIpc) is 2.85. The second-order valence-electron chi connectivity index (χ2n) is 9.48. The lowest BCUT2D eigenvalue weighted by Crippen LogP contribution is -2.59. The van der Waals surface area contributed by atoms with Crippen LogP contribution in [-0.4, -0.2) is 72.0 Å². The first-order chi connectivity index (χ1) is 17.4. The molecule has 0 fully saturated rings. The number of carbonyl (C=O) groups excluding carboxylic acids is 3. The van der Waals surface area contributed by atoms with Crippen molar-refractivity contribution in [2.24, 2.45) is 39.8 Å². The van der Waals surface area contributed by atoms with Gasteiger partial charge in [-0.3, -0.25) is 19.4 Å². The first-order valence-electron chi connectivity index (χ1n) is 13.0. The molecular weight excluding hydrogens is 480 g/mol. The highest BCUT2D eigenvalue weighted by Gasteiger charge is 2.33. The van der Waals surface area contributed by atoms with Crippen LogP contribution >= 0.6 is 0 Å². The standard InChI is InChI=1S/C24H48N8O5/c1-5-14(3)18(22(35)32-19(23(36)37)15(4)6-2)31-21(34)17(11-9-13-29-24(27)28)30-20(33)16(26)10-7-8-12-25/h14-19H,5-13,25-26H2,1-4H3,(H,30,33)(H,31,34)(H,32,35)(H,36,37)(H4,27,28,29). The van der Waals surface area contributed by atoms with E-state index in [1.165, 1.54) is 0 Å². The molecule has 37 heavy (non-hydrogen) atoms. The van der Waals surface area contributed by atoms with E-state index in [4.69, 9.17) is 22.9 Å². The van der Waals surface area contributed by atoms with Gasteiger partial charge in [0.25, 0.3) is 0 Å². The quantitative estimate of drug-likeness (QED) is 0.0589. The Kier molecular flexibility index (Phi) is 16.9. The zero-order chi connectivity index (χ0) is 28.5. The van der Waals surface area contributed by atoms with E-state index in [2.05, 4.69) is 20.9 Å². The highest BCUT2D eigenvalue weighted by atomic mass is 16.4. The van der Waals surface area contributed by atoms with Gasteiger partial charge in [0.1, 0.15) is 18.1 Å². The average molecular weight is 529 g/mol. The summed E-state index contributed by atoms with van der Waals surface area (Å²) in [6.45, 7) is 7.93. The summed E-state index contributed by atoms with van der Waals surface area (Å²) < 4.78 is 0. The molecule has 0 saturated heterocycles. The molecule has 0 aliphatic heterocycles. The number of guanidine groups is 1. The highest BCUT2D eigenvalue weighted by molar-refractivity contribution is 5.94. The number of unbranched alkanes of at least 4 members (excludes halogenated alkanes) is 1. The van der Waals surface area contributed by atoms with Gasteiger partial charge in [-0.15, -0.1) is 0 Å². The van der Waals surface area contributed by atoms with Crippen LogP contribution in [-0.2, 0) is 19.2 Å². The Bertz CT molecular complexity index is 759. The number of aliphatic carboxylic acids is 1. The van der Waals surface area contributed by atoms with Crippen molar-refractivity contribution in [2.45, 2.75) is 96.8 Å². The monoisotopic (exact) mass is 528 g/mol. The summed E-state index contributed by atoms with van der Waals surface area (Å²) in [7, 11) is 0. The lowest BCUT2D eigenvalue weighted by atomic mass is 9.95. The Morgan fingerprint density at radius 3 is 1.89 bits per heavy atom. The van der Waals surface area contributed by atoms with Crippen molar-refractivity contribution >= 4 is 29.7 Å². The van der Waals surface area contributed by atoms with E-state index in [1.54, 1.807) is 13.8 Å². The summed E-state index contributed by atoms with van der Waals surface area (Å²) in [6, 6.07) is -3.91. The smallest absolute Gasteiger partial charge is 0.326 e. The minimum atomic E-state index is -1.15. The van der Waals surface area contributed by atoms with Gasteiger partial charge in [-0.25, -0.2) is 4.79 Å². The van der Waals surface area contributed by atoms with Crippen molar-refractivity contribution in [1.82, 2.24) is 16.0 Å². The van der Waals surface area contributed by atoms with Crippen LogP contribution in [0.25, 0.3) is 0 Å². The van der Waals surface area contributed by atoms with Crippen molar-refractivity contribution in [3.8, 4) is 0 Å². The molecule has 3 amide bonds. The molecule has 12 N–H and O–H groups in total. The predicted molar refractivity (Wildman–Crippen MR) is 143 cm³/mol. The lowest BCUT2D eigenvalue weighted by molar-refractivity contribution is -0.144. The van der Waals surface area contributed by atoms with Gasteiger partial charge < -0.3 is 44.0 Å². The summed E-state index contributed by atoms with van der Waals surface area (Å²) in [5, 5.41) is 17.5. The number of aliphatic imine (C=N–C) groups is 1.